The molecular weight excluding hydrogens is 927 g/mol. The summed E-state index contributed by atoms with van der Waals surface area (Å²) >= 11 is 0. The topological polar surface area (TPSA) is 132 Å². The highest BCUT2D eigenvalue weighted by Gasteiger charge is 2.76. The van der Waals surface area contributed by atoms with Gasteiger partial charge in [-0.15, -0.1) is 0 Å². The zero-order valence-corrected chi connectivity index (χ0v) is 42.0. The minimum atomic E-state index is -1.92. The number of carbonyl (C=O) groups is 4. The van der Waals surface area contributed by atoms with Crippen LogP contribution in [0.5, 0.6) is 5.75 Å². The summed E-state index contributed by atoms with van der Waals surface area (Å²) in [4.78, 5) is 71.5. The molecule has 6 aromatic carbocycles. The van der Waals surface area contributed by atoms with Gasteiger partial charge in [0.1, 0.15) is 29.9 Å². The van der Waals surface area contributed by atoms with E-state index >= 15 is 19.2 Å². The maximum atomic E-state index is 16.9. The smallest absolute Gasteiger partial charge is 0.329 e. The second-order valence-corrected chi connectivity index (χ2v) is 19.9. The van der Waals surface area contributed by atoms with Crippen molar-refractivity contribution in [1.29, 1.82) is 0 Å². The molecule has 74 heavy (non-hydrogen) atoms. The first kappa shape index (κ1) is 50.0. The summed E-state index contributed by atoms with van der Waals surface area (Å²) in [6, 6.07) is 47.7. The van der Waals surface area contributed by atoms with Crippen LogP contribution in [0.2, 0.25) is 0 Å². The maximum absolute atomic E-state index is 16.9. The highest BCUT2D eigenvalue weighted by atomic mass is 16.6. The summed E-state index contributed by atoms with van der Waals surface area (Å²) in [7, 11) is 2.01. The Bertz CT molecular complexity index is 2990. The van der Waals surface area contributed by atoms with Gasteiger partial charge in [0.25, 0.3) is 0 Å². The van der Waals surface area contributed by atoms with Crippen molar-refractivity contribution in [3.63, 3.8) is 0 Å². The number of carbonyl (C=O) groups excluding carboxylic acids is 4. The summed E-state index contributed by atoms with van der Waals surface area (Å²) in [5, 5.41) is 12.8. The number of anilines is 1. The molecule has 10 rings (SSSR count). The third-order valence-electron chi connectivity index (χ3n) is 15.2. The number of hydrogen-bond acceptors (Lipinski definition) is 9. The number of morpholine rings is 1. The minimum Gasteiger partial charge on any atom is -0.491 e. The van der Waals surface area contributed by atoms with E-state index in [-0.39, 0.29) is 19.1 Å². The average Bonchev–Trinajstić information content (AvgIpc) is 3.94. The number of nitrogens with one attached hydrogen (secondary N) is 1. The Labute approximate surface area is 433 Å². The van der Waals surface area contributed by atoms with E-state index in [1.165, 1.54) is 4.90 Å². The molecule has 1 spiro atoms. The fourth-order valence-corrected chi connectivity index (χ4v) is 11.8. The third kappa shape index (κ3) is 9.71. The lowest BCUT2D eigenvalue weighted by molar-refractivity contribution is -0.179. The number of nitrogens with zero attached hydrogens (tertiary/aromatic N) is 4. The summed E-state index contributed by atoms with van der Waals surface area (Å²) in [6.45, 7) is 3.77. The number of esters is 1. The molecule has 0 bridgehead atoms. The lowest BCUT2D eigenvalue weighted by Crippen LogP contribution is -2.57. The summed E-state index contributed by atoms with van der Waals surface area (Å²) < 4.78 is 12.6. The molecule has 0 saturated carbocycles. The van der Waals surface area contributed by atoms with Crippen LogP contribution in [0.1, 0.15) is 102 Å². The van der Waals surface area contributed by atoms with Crippen molar-refractivity contribution < 1.29 is 33.8 Å². The molecule has 0 aliphatic carbocycles. The van der Waals surface area contributed by atoms with Crippen LogP contribution in [0, 0.1) is 17.8 Å². The molecule has 378 valence electrons. The number of aliphatic hydroxyl groups excluding tert-OH is 1. The van der Waals surface area contributed by atoms with Crippen LogP contribution in [-0.4, -0.2) is 89.6 Å². The summed E-state index contributed by atoms with van der Waals surface area (Å²) in [5.74, 6) is 4.27. The van der Waals surface area contributed by atoms with E-state index in [0.717, 1.165) is 54.4 Å². The number of hydrogen-bond donors (Lipinski definition) is 2. The fourth-order valence-electron chi connectivity index (χ4n) is 11.8. The van der Waals surface area contributed by atoms with Crippen LogP contribution in [0.15, 0.2) is 164 Å². The largest absolute Gasteiger partial charge is 0.491 e. The predicted octanol–water partition coefficient (Wildman–Crippen LogP) is 9.47. The number of amides is 4. The van der Waals surface area contributed by atoms with E-state index in [1.807, 2.05) is 152 Å². The van der Waals surface area contributed by atoms with E-state index in [2.05, 4.69) is 39.1 Å². The second kappa shape index (κ2) is 22.3. The first-order valence-corrected chi connectivity index (χ1v) is 25.9. The molecule has 2 N–H and O–H groups in total. The normalized spacial score (nSPS) is 22.9. The zero-order chi connectivity index (χ0) is 51.2. The molecular formula is C62H63N5O7. The third-order valence-corrected chi connectivity index (χ3v) is 15.2. The van der Waals surface area contributed by atoms with Crippen molar-refractivity contribution in [3.05, 3.63) is 203 Å². The first-order valence-electron chi connectivity index (χ1n) is 25.9. The molecule has 4 aliphatic rings. The van der Waals surface area contributed by atoms with Gasteiger partial charge < -0.3 is 24.8 Å². The number of fused-ring (bicyclic) bond motifs is 3. The highest BCUT2D eigenvalue weighted by molar-refractivity contribution is 6.24. The number of ether oxygens (including phenoxy) is 2. The Morgan fingerprint density at radius 3 is 2.05 bits per heavy atom. The quantitative estimate of drug-likeness (QED) is 0.0910. The number of urea groups is 1. The van der Waals surface area contributed by atoms with Crippen molar-refractivity contribution in [1.82, 2.24) is 20.0 Å². The van der Waals surface area contributed by atoms with E-state index in [1.54, 1.807) is 18.2 Å². The van der Waals surface area contributed by atoms with Crippen LogP contribution in [0.3, 0.4) is 0 Å². The molecule has 4 amide bonds. The molecule has 0 unspecified atom stereocenters. The summed E-state index contributed by atoms with van der Waals surface area (Å²) in [5.41, 5.74) is 3.59. The Kier molecular flexibility index (Phi) is 15.1. The van der Waals surface area contributed by atoms with Crippen LogP contribution < -0.4 is 15.0 Å². The van der Waals surface area contributed by atoms with Crippen molar-refractivity contribution in [2.75, 3.05) is 44.8 Å². The SMILES string of the molecule is C[C@@H](NC(=O)N1C(=O)[C@@]2(c3cc(C#CCN(C)Cc4ccccc4)ccc31)[C@H](C(=O)N1CCCCCCC1)[C@H]1C(=O)O[C@H](c3ccccc3)[C@H](c3ccccc3)N1[C@@H]2c1ccc(OCCO)cc1)c1ccccc1. The monoisotopic (exact) mass is 989 g/mol. The number of aliphatic hydroxyl groups is 1. The molecule has 12 nitrogen and oxygen atoms in total. The second-order valence-electron chi connectivity index (χ2n) is 19.9. The molecule has 0 radical (unpaired) electrons. The molecule has 3 fully saturated rings. The molecule has 12 heteroatoms. The van der Waals surface area contributed by atoms with E-state index in [9.17, 15) is 5.11 Å². The molecule has 7 atom stereocenters. The molecule has 6 aromatic rings. The molecule has 4 aliphatic heterocycles. The minimum absolute atomic E-state index is 0.0667. The van der Waals surface area contributed by atoms with Crippen LogP contribution in [0.4, 0.5) is 10.5 Å². The predicted molar refractivity (Wildman–Crippen MR) is 284 cm³/mol. The van der Waals surface area contributed by atoms with E-state index < -0.39 is 59.5 Å². The number of benzene rings is 6. The van der Waals surface area contributed by atoms with Crippen molar-refractivity contribution in [3.8, 4) is 17.6 Å². The summed E-state index contributed by atoms with van der Waals surface area (Å²) in [6.07, 6.45) is 3.60. The van der Waals surface area contributed by atoms with Crippen molar-refractivity contribution in [2.24, 2.45) is 5.92 Å². The number of imide groups is 1. The van der Waals surface area contributed by atoms with Gasteiger partial charge in [-0.25, -0.2) is 9.69 Å². The Hall–Kier alpha value is -7.56. The first-order chi connectivity index (χ1) is 36.2. The van der Waals surface area contributed by atoms with Gasteiger partial charge in [-0.1, -0.05) is 165 Å². The van der Waals surface area contributed by atoms with Gasteiger partial charge in [-0.3, -0.25) is 24.2 Å². The molecule has 0 aromatic heterocycles. The lowest BCUT2D eigenvalue weighted by Gasteiger charge is -2.46. The number of rotatable bonds is 12. The van der Waals surface area contributed by atoms with Crippen LogP contribution >= 0.6 is 0 Å². The zero-order valence-electron chi connectivity index (χ0n) is 42.0. The molecule has 3 saturated heterocycles. The Morgan fingerprint density at radius 2 is 1.39 bits per heavy atom. The van der Waals surface area contributed by atoms with Gasteiger partial charge in [-0.05, 0) is 90.5 Å². The van der Waals surface area contributed by atoms with Crippen LogP contribution in [0.25, 0.3) is 0 Å². The van der Waals surface area contributed by atoms with E-state index in [4.69, 9.17) is 9.47 Å². The highest BCUT2D eigenvalue weighted by Crippen LogP contribution is 2.66. The maximum Gasteiger partial charge on any atom is 0.329 e. The van der Waals surface area contributed by atoms with Gasteiger partial charge >= 0.3 is 12.0 Å². The number of cyclic esters (lactones) is 1. The van der Waals surface area contributed by atoms with Crippen LogP contribution in [-0.2, 0) is 31.1 Å². The van der Waals surface area contributed by atoms with Gasteiger partial charge in [0.05, 0.1) is 42.9 Å². The van der Waals surface area contributed by atoms with Gasteiger partial charge in [-0.2, -0.15) is 0 Å². The standard InChI is InChI=1S/C62H63N5O7/c1-43(46-24-12-7-13-25-46)63-61(72)66-52-35-30-44(23-20-36-64(2)42-45-21-10-6-11-22-45)41-51(52)62(60(66)71)53(58(69)65-37-18-4-3-5-19-38-65)55-59(70)74-56(48-28-16-9-17-29-48)54(47-26-14-8-15-27-47)67(55)57(62)49-31-33-50(34-32-49)73-40-39-68/h6-17,21-22,24-35,41,43,53-57,68H,3-5,18-19,36-40,42H2,1-2H3,(H,63,72)/t43-,53+,54+,55+,56-,57-,62+/m1/s1. The lowest BCUT2D eigenvalue weighted by atomic mass is 9.64. The van der Waals surface area contributed by atoms with Gasteiger partial charge in [0, 0.05) is 25.2 Å². The Balaban J connectivity index is 1.22. The van der Waals surface area contributed by atoms with E-state index in [0.29, 0.717) is 54.3 Å². The number of likely N-dealkylation sites (tertiary alicyclic amines) is 1. The fraction of sp³-hybridized carbons (Fsp3) is 0.323. The van der Waals surface area contributed by atoms with Gasteiger partial charge in [0.15, 0.2) is 0 Å². The average molecular weight is 990 g/mol. The molecule has 4 heterocycles. The Morgan fingerprint density at radius 1 is 0.770 bits per heavy atom. The van der Waals surface area contributed by atoms with Gasteiger partial charge in [0.2, 0.25) is 11.8 Å². The van der Waals surface area contributed by atoms with Crippen molar-refractivity contribution in [2.45, 2.75) is 81.3 Å². The van der Waals surface area contributed by atoms with Crippen molar-refractivity contribution >= 4 is 29.5 Å².